The summed E-state index contributed by atoms with van der Waals surface area (Å²) >= 11 is 1.77. The molecule has 2 aromatic heterocycles. The van der Waals surface area contributed by atoms with Crippen molar-refractivity contribution in [2.24, 2.45) is 0 Å². The average Bonchev–Trinajstić information content (AvgIpc) is 3.59. The van der Waals surface area contributed by atoms with Gasteiger partial charge in [-0.3, -0.25) is 4.90 Å². The Hall–Kier alpha value is -3.22. The van der Waals surface area contributed by atoms with Gasteiger partial charge in [-0.25, -0.2) is 9.97 Å². The minimum absolute atomic E-state index is 0.512. The first kappa shape index (κ1) is 24.5. The van der Waals surface area contributed by atoms with Crippen LogP contribution in [0, 0.1) is 6.92 Å². The Morgan fingerprint density at radius 3 is 2.56 bits per heavy atom. The third kappa shape index (κ3) is 5.94. The number of ether oxygens (including phenoxy) is 1. The van der Waals surface area contributed by atoms with Crippen LogP contribution in [0.3, 0.4) is 0 Å². The number of rotatable bonds is 9. The zero-order valence-electron chi connectivity index (χ0n) is 21.3. The van der Waals surface area contributed by atoms with Gasteiger partial charge in [0.2, 0.25) is 5.95 Å². The Balaban J connectivity index is 1.25. The predicted molar refractivity (Wildman–Crippen MR) is 151 cm³/mol. The summed E-state index contributed by atoms with van der Waals surface area (Å²) in [5, 5.41) is 3.35. The van der Waals surface area contributed by atoms with Crippen LogP contribution in [0.5, 0.6) is 5.75 Å². The zero-order valence-corrected chi connectivity index (χ0v) is 22.1. The number of nitrogens with zero attached hydrogens (tertiary/aromatic N) is 3. The quantitative estimate of drug-likeness (QED) is 0.259. The lowest BCUT2D eigenvalue weighted by atomic mass is 10.0. The summed E-state index contributed by atoms with van der Waals surface area (Å²) in [6.07, 6.45) is 4.51. The molecule has 0 aliphatic carbocycles. The van der Waals surface area contributed by atoms with Crippen LogP contribution in [0.4, 0.5) is 11.6 Å². The molecule has 3 heterocycles. The highest BCUT2D eigenvalue weighted by molar-refractivity contribution is 7.18. The minimum Gasteiger partial charge on any atom is -0.492 e. The molecule has 0 bridgehead atoms. The van der Waals surface area contributed by atoms with E-state index in [1.54, 1.807) is 11.3 Å². The van der Waals surface area contributed by atoms with Crippen LogP contribution in [0.15, 0.2) is 66.9 Å². The number of likely N-dealkylation sites (tertiary alicyclic amines) is 1. The van der Waals surface area contributed by atoms with Gasteiger partial charge in [0.15, 0.2) is 0 Å². The molecule has 6 heteroatoms. The first-order valence-electron chi connectivity index (χ1n) is 12.8. The molecule has 0 atom stereocenters. The number of aromatic nitrogens is 2. The third-order valence-electron chi connectivity index (χ3n) is 6.63. The van der Waals surface area contributed by atoms with E-state index >= 15 is 0 Å². The third-order valence-corrected chi connectivity index (χ3v) is 7.78. The summed E-state index contributed by atoms with van der Waals surface area (Å²) in [4.78, 5) is 14.2. The smallest absolute Gasteiger partial charge is 0.227 e. The summed E-state index contributed by atoms with van der Waals surface area (Å²) in [6.45, 7) is 10.6. The molecule has 0 amide bonds. The maximum atomic E-state index is 5.93. The number of thiophene rings is 1. The average molecular weight is 499 g/mol. The van der Waals surface area contributed by atoms with Gasteiger partial charge in [-0.1, -0.05) is 38.1 Å². The Morgan fingerprint density at radius 2 is 1.78 bits per heavy atom. The largest absolute Gasteiger partial charge is 0.492 e. The van der Waals surface area contributed by atoms with Gasteiger partial charge in [0.1, 0.15) is 12.4 Å². The van der Waals surface area contributed by atoms with Crippen LogP contribution < -0.4 is 10.1 Å². The molecule has 0 radical (unpaired) electrons. The summed E-state index contributed by atoms with van der Waals surface area (Å²) in [6, 6.07) is 21.2. The summed E-state index contributed by atoms with van der Waals surface area (Å²) in [5.74, 6) is 1.99. The normalized spacial score (nSPS) is 13.9. The lowest BCUT2D eigenvalue weighted by Crippen LogP contribution is -2.25. The zero-order chi connectivity index (χ0) is 24.9. The molecule has 186 valence electrons. The van der Waals surface area contributed by atoms with E-state index < -0.39 is 0 Å². The van der Waals surface area contributed by atoms with E-state index in [2.05, 4.69) is 72.4 Å². The van der Waals surface area contributed by atoms with Crippen molar-refractivity contribution < 1.29 is 4.74 Å². The van der Waals surface area contributed by atoms with Crippen LogP contribution in [-0.4, -0.2) is 41.1 Å². The molecule has 1 saturated heterocycles. The van der Waals surface area contributed by atoms with Crippen molar-refractivity contribution in [3.05, 3.63) is 78.0 Å². The van der Waals surface area contributed by atoms with Crippen molar-refractivity contribution >= 4 is 23.0 Å². The van der Waals surface area contributed by atoms with E-state index in [1.165, 1.54) is 41.9 Å². The number of hydrogen-bond donors (Lipinski definition) is 1. The second kappa shape index (κ2) is 11.2. The van der Waals surface area contributed by atoms with Crippen LogP contribution in [0.1, 0.15) is 43.7 Å². The molecule has 2 aromatic carbocycles. The van der Waals surface area contributed by atoms with Crippen molar-refractivity contribution in [3.63, 3.8) is 0 Å². The van der Waals surface area contributed by atoms with Gasteiger partial charge < -0.3 is 10.1 Å². The fourth-order valence-electron chi connectivity index (χ4n) is 4.49. The van der Waals surface area contributed by atoms with Gasteiger partial charge in [-0.05, 0) is 91.9 Å². The van der Waals surface area contributed by atoms with E-state index in [0.717, 1.165) is 40.7 Å². The standard InChI is InChI=1S/C30H34N4OS/c1-21(2)23-7-6-8-24(19-23)27-13-14-28(36-27)29-22(3)20-31-30(33-29)32-25-9-11-26(12-10-25)35-18-17-34-15-4-5-16-34/h6-14,19-21H,4-5,15-18H2,1-3H3,(H,31,32,33). The Bertz CT molecular complexity index is 1290. The molecule has 4 aromatic rings. The van der Waals surface area contributed by atoms with E-state index in [-0.39, 0.29) is 0 Å². The SMILES string of the molecule is Cc1cnc(Nc2ccc(OCCN3CCCC3)cc2)nc1-c1ccc(-c2cccc(C(C)C)c2)s1. The van der Waals surface area contributed by atoms with Crippen molar-refractivity contribution in [1.29, 1.82) is 0 Å². The van der Waals surface area contributed by atoms with Gasteiger partial charge >= 0.3 is 0 Å². The molecule has 0 spiro atoms. The maximum absolute atomic E-state index is 5.93. The Morgan fingerprint density at radius 1 is 1.00 bits per heavy atom. The van der Waals surface area contributed by atoms with Crippen LogP contribution in [0.25, 0.3) is 21.0 Å². The molecule has 1 fully saturated rings. The number of anilines is 2. The molecule has 1 aliphatic rings. The van der Waals surface area contributed by atoms with E-state index in [4.69, 9.17) is 9.72 Å². The molecule has 1 aliphatic heterocycles. The lowest BCUT2D eigenvalue weighted by Gasteiger charge is -2.15. The molecule has 5 nitrogen and oxygen atoms in total. The van der Waals surface area contributed by atoms with E-state index in [1.807, 2.05) is 30.5 Å². The topological polar surface area (TPSA) is 50.3 Å². The predicted octanol–water partition coefficient (Wildman–Crippen LogP) is 7.52. The summed E-state index contributed by atoms with van der Waals surface area (Å²) in [7, 11) is 0. The van der Waals surface area contributed by atoms with Crippen molar-refractivity contribution in [1.82, 2.24) is 14.9 Å². The molecule has 1 N–H and O–H groups in total. The molecule has 5 rings (SSSR count). The van der Waals surface area contributed by atoms with Gasteiger partial charge in [0.25, 0.3) is 0 Å². The fourth-order valence-corrected chi connectivity index (χ4v) is 5.54. The van der Waals surface area contributed by atoms with Gasteiger partial charge in [0.05, 0.1) is 10.6 Å². The van der Waals surface area contributed by atoms with Crippen LogP contribution in [0.2, 0.25) is 0 Å². The van der Waals surface area contributed by atoms with Gasteiger partial charge in [-0.15, -0.1) is 11.3 Å². The van der Waals surface area contributed by atoms with Gasteiger partial charge in [-0.2, -0.15) is 0 Å². The second-order valence-electron chi connectivity index (χ2n) is 9.72. The van der Waals surface area contributed by atoms with E-state index in [0.29, 0.717) is 11.9 Å². The molecular weight excluding hydrogens is 464 g/mol. The fraction of sp³-hybridized carbons (Fsp3) is 0.333. The number of aryl methyl sites for hydroxylation is 1. The van der Waals surface area contributed by atoms with Gasteiger partial charge in [0, 0.05) is 23.3 Å². The summed E-state index contributed by atoms with van der Waals surface area (Å²) < 4.78 is 5.93. The number of benzene rings is 2. The first-order valence-corrected chi connectivity index (χ1v) is 13.6. The monoisotopic (exact) mass is 498 g/mol. The molecular formula is C30H34N4OS. The highest BCUT2D eigenvalue weighted by Crippen LogP contribution is 2.36. The van der Waals surface area contributed by atoms with Crippen molar-refractivity contribution in [3.8, 4) is 26.8 Å². The highest BCUT2D eigenvalue weighted by atomic mass is 32.1. The van der Waals surface area contributed by atoms with Crippen LogP contribution in [-0.2, 0) is 0 Å². The highest BCUT2D eigenvalue weighted by Gasteiger charge is 2.13. The minimum atomic E-state index is 0.512. The lowest BCUT2D eigenvalue weighted by molar-refractivity contribution is 0.238. The van der Waals surface area contributed by atoms with Crippen LogP contribution >= 0.6 is 11.3 Å². The molecule has 0 saturated carbocycles. The number of nitrogens with one attached hydrogen (secondary N) is 1. The Labute approximate surface area is 218 Å². The molecule has 36 heavy (non-hydrogen) atoms. The maximum Gasteiger partial charge on any atom is 0.227 e. The number of hydrogen-bond acceptors (Lipinski definition) is 6. The van der Waals surface area contributed by atoms with Crippen molar-refractivity contribution in [2.75, 3.05) is 31.6 Å². The summed E-state index contributed by atoms with van der Waals surface area (Å²) in [5.41, 5.74) is 5.58. The second-order valence-corrected chi connectivity index (χ2v) is 10.8. The van der Waals surface area contributed by atoms with Crippen molar-refractivity contribution in [2.45, 2.75) is 39.5 Å². The molecule has 0 unspecified atom stereocenters. The van der Waals surface area contributed by atoms with E-state index in [9.17, 15) is 0 Å². The Kier molecular flexibility index (Phi) is 7.63. The first-order chi connectivity index (χ1) is 17.5.